The molecule has 1 N–H and O–H groups in total. The van der Waals surface area contributed by atoms with E-state index >= 15 is 0 Å². The van der Waals surface area contributed by atoms with E-state index in [0.717, 1.165) is 21.8 Å². The van der Waals surface area contributed by atoms with E-state index in [1.165, 1.54) is 0 Å². The summed E-state index contributed by atoms with van der Waals surface area (Å²) < 4.78 is 10.6. The predicted molar refractivity (Wildman–Crippen MR) is 112 cm³/mol. The van der Waals surface area contributed by atoms with Crippen LogP contribution in [0.25, 0.3) is 5.57 Å². The fourth-order valence-corrected chi connectivity index (χ4v) is 4.38. The molecule has 1 aromatic carbocycles. The van der Waals surface area contributed by atoms with E-state index in [0.29, 0.717) is 31.5 Å². The third-order valence-corrected chi connectivity index (χ3v) is 5.64. The van der Waals surface area contributed by atoms with Crippen molar-refractivity contribution in [3.05, 3.63) is 40.1 Å². The molecule has 0 atom stereocenters. The first-order chi connectivity index (χ1) is 13.7. The molecule has 2 aliphatic rings. The number of amides is 1. The number of carbonyl (C=O) groups excluding carboxylic acids is 2. The SMILES string of the molecule is C.CCOC(=O)OC1=C(c2c(C)cc(C)cc2C)C(=O)N(O)C12CCN(OC)CC2. The van der Waals surface area contributed by atoms with Crippen LogP contribution in [0.2, 0.25) is 0 Å². The summed E-state index contributed by atoms with van der Waals surface area (Å²) in [5, 5.41) is 13.3. The van der Waals surface area contributed by atoms with Gasteiger partial charge in [-0.25, -0.2) is 9.86 Å². The summed E-state index contributed by atoms with van der Waals surface area (Å²) in [7, 11) is 1.57. The highest BCUT2D eigenvalue weighted by molar-refractivity contribution is 6.23. The molecule has 2 heterocycles. The van der Waals surface area contributed by atoms with Gasteiger partial charge >= 0.3 is 6.16 Å². The molecule has 1 spiro atoms. The highest BCUT2D eigenvalue weighted by atomic mass is 16.7. The fraction of sp³-hybridized carbons (Fsp3) is 0.545. The summed E-state index contributed by atoms with van der Waals surface area (Å²) in [6.45, 7) is 8.53. The topological polar surface area (TPSA) is 88.5 Å². The Bertz CT molecular complexity index is 832. The maximum atomic E-state index is 13.2. The second kappa shape index (κ2) is 9.16. The fourth-order valence-electron chi connectivity index (χ4n) is 4.38. The minimum absolute atomic E-state index is 0. The van der Waals surface area contributed by atoms with Gasteiger partial charge in [-0.1, -0.05) is 25.1 Å². The smallest absolute Gasteiger partial charge is 0.434 e. The first kappa shape index (κ1) is 23.9. The lowest BCUT2D eigenvalue weighted by Gasteiger charge is -2.41. The molecule has 0 aromatic heterocycles. The molecular weight excluding hydrogens is 388 g/mol. The van der Waals surface area contributed by atoms with Crippen molar-refractivity contribution in [3.63, 3.8) is 0 Å². The van der Waals surface area contributed by atoms with Crippen LogP contribution in [0.4, 0.5) is 4.79 Å². The van der Waals surface area contributed by atoms with E-state index in [4.69, 9.17) is 14.3 Å². The van der Waals surface area contributed by atoms with Crippen LogP contribution in [0.3, 0.4) is 0 Å². The Morgan fingerprint density at radius 1 is 1.17 bits per heavy atom. The van der Waals surface area contributed by atoms with Crippen LogP contribution < -0.4 is 0 Å². The van der Waals surface area contributed by atoms with Gasteiger partial charge in [-0.2, -0.15) is 5.06 Å². The number of aryl methyl sites for hydroxylation is 3. The number of ether oxygens (including phenoxy) is 2. The summed E-state index contributed by atoms with van der Waals surface area (Å²) in [4.78, 5) is 30.7. The Labute approximate surface area is 177 Å². The molecule has 2 aliphatic heterocycles. The third kappa shape index (κ3) is 3.95. The van der Waals surface area contributed by atoms with Gasteiger partial charge in [0.1, 0.15) is 5.54 Å². The molecular formula is C22H32N2O6. The zero-order valence-electron chi connectivity index (χ0n) is 17.6. The second-order valence-electron chi connectivity index (χ2n) is 7.52. The van der Waals surface area contributed by atoms with Crippen molar-refractivity contribution in [2.45, 2.75) is 53.5 Å². The summed E-state index contributed by atoms with van der Waals surface area (Å²) in [5.41, 5.74) is 2.54. The summed E-state index contributed by atoms with van der Waals surface area (Å²) in [6.07, 6.45) is -0.185. The molecule has 3 rings (SSSR count). The number of rotatable bonds is 4. The lowest BCUT2D eigenvalue weighted by Crippen LogP contribution is -2.54. The lowest BCUT2D eigenvalue weighted by atomic mass is 9.84. The van der Waals surface area contributed by atoms with Crippen LogP contribution in [-0.4, -0.2) is 59.7 Å². The highest BCUT2D eigenvalue weighted by Gasteiger charge is 2.56. The van der Waals surface area contributed by atoms with Crippen molar-refractivity contribution < 1.29 is 29.1 Å². The van der Waals surface area contributed by atoms with E-state index < -0.39 is 17.6 Å². The lowest BCUT2D eigenvalue weighted by molar-refractivity contribution is -0.209. The van der Waals surface area contributed by atoms with Crippen molar-refractivity contribution in [1.82, 2.24) is 10.1 Å². The van der Waals surface area contributed by atoms with Gasteiger partial charge in [0.05, 0.1) is 19.3 Å². The first-order valence-corrected chi connectivity index (χ1v) is 9.75. The molecule has 8 heteroatoms. The molecule has 1 aromatic rings. The Hall–Kier alpha value is -2.42. The van der Waals surface area contributed by atoms with Crippen molar-refractivity contribution in [3.8, 4) is 0 Å². The maximum absolute atomic E-state index is 13.2. The van der Waals surface area contributed by atoms with Crippen LogP contribution in [0.1, 0.15) is 49.4 Å². The summed E-state index contributed by atoms with van der Waals surface area (Å²) >= 11 is 0. The van der Waals surface area contributed by atoms with Gasteiger partial charge in [0.15, 0.2) is 5.76 Å². The molecule has 0 aliphatic carbocycles. The number of nitrogens with zero attached hydrogens (tertiary/aromatic N) is 2. The van der Waals surface area contributed by atoms with Crippen LogP contribution in [0.15, 0.2) is 17.9 Å². The van der Waals surface area contributed by atoms with Crippen molar-refractivity contribution >= 4 is 17.6 Å². The standard InChI is InChI=1S/C21H28N2O6.CH4/c1-6-28-20(25)29-18-17(16-14(3)11-13(2)12-15(16)4)19(24)23(26)21(18)7-9-22(27-5)10-8-21;/h11-12,26H,6-10H2,1-5H3;1H4. The zero-order chi connectivity index (χ0) is 21.3. The van der Waals surface area contributed by atoms with Gasteiger partial charge in [0.25, 0.3) is 5.91 Å². The minimum atomic E-state index is -1.14. The summed E-state index contributed by atoms with van der Waals surface area (Å²) in [5.74, 6) is -0.431. The Kier molecular flexibility index (Phi) is 7.28. The molecule has 1 saturated heterocycles. The Morgan fingerprint density at radius 3 is 2.23 bits per heavy atom. The van der Waals surface area contributed by atoms with Crippen molar-refractivity contribution in [1.29, 1.82) is 0 Å². The molecule has 1 amide bonds. The normalized spacial score (nSPS) is 18.6. The zero-order valence-corrected chi connectivity index (χ0v) is 17.6. The first-order valence-electron chi connectivity index (χ1n) is 9.75. The summed E-state index contributed by atoms with van der Waals surface area (Å²) in [6, 6.07) is 3.93. The number of piperidine rings is 1. The second-order valence-corrected chi connectivity index (χ2v) is 7.52. The number of hydrogen-bond donors (Lipinski definition) is 1. The number of hydroxylamine groups is 4. The van der Waals surface area contributed by atoms with Gasteiger partial charge in [0.2, 0.25) is 0 Å². The number of hydrogen-bond acceptors (Lipinski definition) is 7. The van der Waals surface area contributed by atoms with E-state index in [9.17, 15) is 14.8 Å². The Balaban J connectivity index is 0.00000320. The highest BCUT2D eigenvalue weighted by Crippen LogP contribution is 2.47. The average molecular weight is 421 g/mol. The monoisotopic (exact) mass is 420 g/mol. The quantitative estimate of drug-likeness (QED) is 0.586. The van der Waals surface area contributed by atoms with Gasteiger partial charge in [-0.3, -0.25) is 10.0 Å². The molecule has 1 fully saturated rings. The number of benzene rings is 1. The van der Waals surface area contributed by atoms with E-state index in [1.807, 2.05) is 32.9 Å². The maximum Gasteiger partial charge on any atom is 0.513 e. The van der Waals surface area contributed by atoms with Gasteiger partial charge in [-0.05, 0) is 57.2 Å². The van der Waals surface area contributed by atoms with Crippen molar-refractivity contribution in [2.75, 3.05) is 26.8 Å². The third-order valence-electron chi connectivity index (χ3n) is 5.64. The number of carbonyl (C=O) groups is 2. The van der Waals surface area contributed by atoms with E-state index in [1.54, 1.807) is 19.1 Å². The Morgan fingerprint density at radius 2 is 1.73 bits per heavy atom. The van der Waals surface area contributed by atoms with E-state index in [2.05, 4.69) is 0 Å². The molecule has 166 valence electrons. The molecule has 0 bridgehead atoms. The molecule has 0 saturated carbocycles. The van der Waals surface area contributed by atoms with Crippen LogP contribution in [0.5, 0.6) is 0 Å². The predicted octanol–water partition coefficient (Wildman–Crippen LogP) is 3.76. The molecule has 8 nitrogen and oxygen atoms in total. The van der Waals surface area contributed by atoms with Gasteiger partial charge in [-0.15, -0.1) is 0 Å². The van der Waals surface area contributed by atoms with E-state index in [-0.39, 0.29) is 25.4 Å². The van der Waals surface area contributed by atoms with Crippen molar-refractivity contribution in [2.24, 2.45) is 0 Å². The molecule has 0 radical (unpaired) electrons. The van der Waals surface area contributed by atoms with Crippen LogP contribution in [0, 0.1) is 20.8 Å². The minimum Gasteiger partial charge on any atom is -0.434 e. The molecule has 0 unspecified atom stereocenters. The molecule has 30 heavy (non-hydrogen) atoms. The average Bonchev–Trinajstić information content (AvgIpc) is 2.85. The largest absolute Gasteiger partial charge is 0.513 e. The van der Waals surface area contributed by atoms with Crippen LogP contribution in [-0.2, 0) is 19.1 Å². The van der Waals surface area contributed by atoms with Crippen LogP contribution >= 0.6 is 0 Å². The van der Waals surface area contributed by atoms with Gasteiger partial charge in [0, 0.05) is 13.1 Å². The van der Waals surface area contributed by atoms with Gasteiger partial charge < -0.3 is 14.3 Å².